The summed E-state index contributed by atoms with van der Waals surface area (Å²) in [7, 11) is -3.57. The van der Waals surface area contributed by atoms with Crippen LogP contribution in [0.4, 0.5) is 4.39 Å². The monoisotopic (exact) mass is 469 g/mol. The van der Waals surface area contributed by atoms with E-state index in [1.807, 2.05) is 20.8 Å². The highest BCUT2D eigenvalue weighted by molar-refractivity contribution is 7.89. The number of hydrogen-bond acceptors (Lipinski definition) is 6. The molecular formula is C22H32FN3O5S. The lowest BCUT2D eigenvalue weighted by Gasteiger charge is -2.21. The fraction of sp³-hybridized carbons (Fsp3) is 0.591. The highest BCUT2D eigenvalue weighted by atomic mass is 32.2. The van der Waals surface area contributed by atoms with Crippen LogP contribution in [0.25, 0.3) is 0 Å². The summed E-state index contributed by atoms with van der Waals surface area (Å²) in [5.74, 6) is -0.690. The van der Waals surface area contributed by atoms with Crippen LogP contribution in [0, 0.1) is 11.2 Å². The minimum Gasteiger partial charge on any atom is -0.490 e. The van der Waals surface area contributed by atoms with Crippen LogP contribution in [0.15, 0.2) is 30.4 Å². The molecule has 1 heterocycles. The molecule has 32 heavy (non-hydrogen) atoms. The van der Waals surface area contributed by atoms with E-state index in [1.54, 1.807) is 24.3 Å². The fourth-order valence-electron chi connectivity index (χ4n) is 3.40. The Labute approximate surface area is 188 Å². The zero-order valence-electron chi connectivity index (χ0n) is 18.7. The van der Waals surface area contributed by atoms with Gasteiger partial charge < -0.3 is 15.2 Å². The lowest BCUT2D eigenvalue weighted by Crippen LogP contribution is -2.36. The first-order valence-corrected chi connectivity index (χ1v) is 12.4. The van der Waals surface area contributed by atoms with Crippen LogP contribution in [0.2, 0.25) is 0 Å². The number of ether oxygens (including phenoxy) is 1. The Kier molecular flexibility index (Phi) is 7.28. The van der Waals surface area contributed by atoms with Crippen LogP contribution in [0.5, 0.6) is 5.75 Å². The normalized spacial score (nSPS) is 21.2. The molecule has 1 saturated heterocycles. The molecule has 8 nitrogen and oxygen atoms in total. The number of aliphatic hydroxyl groups is 1. The van der Waals surface area contributed by atoms with Gasteiger partial charge in [-0.2, -0.15) is 0 Å². The molecule has 1 aliphatic heterocycles. The number of nitrogens with zero attached hydrogens (tertiary/aromatic N) is 1. The van der Waals surface area contributed by atoms with Crippen LogP contribution in [-0.2, 0) is 20.4 Å². The predicted octanol–water partition coefficient (Wildman–Crippen LogP) is 1.81. The molecular weight excluding hydrogens is 437 g/mol. The van der Waals surface area contributed by atoms with Crippen molar-refractivity contribution in [1.82, 2.24) is 14.9 Å². The Morgan fingerprint density at radius 2 is 2.06 bits per heavy atom. The van der Waals surface area contributed by atoms with Gasteiger partial charge in [-0.1, -0.05) is 39.0 Å². The van der Waals surface area contributed by atoms with E-state index in [0.29, 0.717) is 38.0 Å². The van der Waals surface area contributed by atoms with E-state index in [9.17, 15) is 22.7 Å². The second-order valence-corrected chi connectivity index (χ2v) is 11.5. The number of carbonyl (C=O) groups is 1. The number of sulfonamides is 1. The van der Waals surface area contributed by atoms with Crippen molar-refractivity contribution < 1.29 is 27.4 Å². The highest BCUT2D eigenvalue weighted by Gasteiger charge is 2.47. The van der Waals surface area contributed by atoms with E-state index in [1.165, 1.54) is 11.0 Å². The molecule has 3 rings (SSSR count). The van der Waals surface area contributed by atoms with Gasteiger partial charge >= 0.3 is 0 Å². The van der Waals surface area contributed by atoms with E-state index in [2.05, 4.69) is 10.0 Å². The number of halogens is 1. The Morgan fingerprint density at radius 1 is 1.34 bits per heavy atom. The van der Waals surface area contributed by atoms with Crippen LogP contribution >= 0.6 is 0 Å². The summed E-state index contributed by atoms with van der Waals surface area (Å²) in [4.78, 5) is 12.7. The van der Waals surface area contributed by atoms with Crippen molar-refractivity contribution >= 4 is 15.9 Å². The predicted molar refractivity (Wildman–Crippen MR) is 119 cm³/mol. The largest absolute Gasteiger partial charge is 0.490 e. The van der Waals surface area contributed by atoms with Crippen molar-refractivity contribution in [3.63, 3.8) is 0 Å². The molecule has 2 fully saturated rings. The Bertz CT molecular complexity index is 970. The van der Waals surface area contributed by atoms with Crippen LogP contribution in [0.1, 0.15) is 45.6 Å². The molecule has 2 aliphatic rings. The summed E-state index contributed by atoms with van der Waals surface area (Å²) >= 11 is 0. The first-order chi connectivity index (χ1) is 14.9. The number of nitrogens with one attached hydrogen (secondary N) is 2. The minimum absolute atomic E-state index is 0.0977. The number of allylic oxidation sites excluding steroid dienone is 1. The van der Waals surface area contributed by atoms with Crippen molar-refractivity contribution in [1.29, 1.82) is 0 Å². The summed E-state index contributed by atoms with van der Waals surface area (Å²) in [6.45, 7) is 6.75. The molecule has 0 aromatic heterocycles. The maximum atomic E-state index is 14.2. The second-order valence-electron chi connectivity index (χ2n) is 9.63. The average molecular weight is 470 g/mol. The van der Waals surface area contributed by atoms with Gasteiger partial charge in [0, 0.05) is 6.54 Å². The van der Waals surface area contributed by atoms with E-state index >= 15 is 0 Å². The van der Waals surface area contributed by atoms with Gasteiger partial charge in [0.05, 0.1) is 24.4 Å². The SMILES string of the molecule is CC(C)(C)COc1cc(C2(NS(=O)(=O)CC/C=C/CN3CC(=O)NC3O)CC2)ccc1F. The molecule has 1 unspecified atom stereocenters. The molecule has 178 valence electrons. The van der Waals surface area contributed by atoms with E-state index in [4.69, 9.17) is 4.74 Å². The number of benzene rings is 1. The first-order valence-electron chi connectivity index (χ1n) is 10.7. The van der Waals surface area contributed by atoms with Crippen molar-refractivity contribution in [2.24, 2.45) is 5.41 Å². The smallest absolute Gasteiger partial charge is 0.237 e. The summed E-state index contributed by atoms with van der Waals surface area (Å²) in [5, 5.41) is 12.0. The zero-order chi connectivity index (χ0) is 23.6. The van der Waals surface area contributed by atoms with Gasteiger partial charge in [0.2, 0.25) is 15.9 Å². The van der Waals surface area contributed by atoms with Crippen molar-refractivity contribution in [2.45, 2.75) is 51.9 Å². The third-order valence-electron chi connectivity index (χ3n) is 5.29. The number of aliphatic hydroxyl groups excluding tert-OH is 1. The van der Waals surface area contributed by atoms with Crippen LogP contribution in [0.3, 0.4) is 0 Å². The standard InChI is InChI=1S/C22H32FN3O5S/c1-21(2,3)15-31-18-13-16(7-8-17(18)23)22(9-10-22)25-32(29,30)12-6-4-5-11-26-14-19(27)24-20(26)28/h4-5,7-8,13,20,25,28H,6,9-12,14-15H2,1-3H3,(H,24,27)/b5-4+. The van der Waals surface area contributed by atoms with Crippen LogP contribution < -0.4 is 14.8 Å². The molecule has 1 aromatic rings. The lowest BCUT2D eigenvalue weighted by molar-refractivity contribution is -0.119. The van der Waals surface area contributed by atoms with E-state index in [-0.39, 0.29) is 29.4 Å². The van der Waals surface area contributed by atoms with E-state index in [0.717, 1.165) is 0 Å². The number of rotatable bonds is 10. The van der Waals surface area contributed by atoms with Gasteiger partial charge in [-0.25, -0.2) is 22.4 Å². The maximum Gasteiger partial charge on any atom is 0.237 e. The summed E-state index contributed by atoms with van der Waals surface area (Å²) in [6.07, 6.45) is 4.00. The zero-order valence-corrected chi connectivity index (χ0v) is 19.5. The molecule has 1 amide bonds. The number of amides is 1. The Balaban J connectivity index is 1.55. The van der Waals surface area contributed by atoms with Gasteiger partial charge in [0.15, 0.2) is 17.9 Å². The summed E-state index contributed by atoms with van der Waals surface area (Å²) in [6, 6.07) is 4.51. The third-order valence-corrected chi connectivity index (χ3v) is 6.76. The molecule has 1 saturated carbocycles. The maximum absolute atomic E-state index is 14.2. The highest BCUT2D eigenvalue weighted by Crippen LogP contribution is 2.47. The van der Waals surface area contributed by atoms with Crippen molar-refractivity contribution in [2.75, 3.05) is 25.4 Å². The second kappa shape index (κ2) is 9.46. The van der Waals surface area contributed by atoms with Crippen LogP contribution in [-0.4, -0.2) is 56.1 Å². The minimum atomic E-state index is -3.57. The lowest BCUT2D eigenvalue weighted by atomic mass is 9.98. The van der Waals surface area contributed by atoms with Crippen molar-refractivity contribution in [3.8, 4) is 5.75 Å². The molecule has 1 aromatic carbocycles. The topological polar surface area (TPSA) is 108 Å². The summed E-state index contributed by atoms with van der Waals surface area (Å²) in [5.41, 5.74) is -0.155. The fourth-order valence-corrected chi connectivity index (χ4v) is 4.86. The molecule has 3 N–H and O–H groups in total. The van der Waals surface area contributed by atoms with E-state index < -0.39 is 27.7 Å². The molecule has 0 bridgehead atoms. The Hall–Kier alpha value is -2.01. The molecule has 1 atom stereocenters. The molecule has 10 heteroatoms. The number of hydrogen-bond donors (Lipinski definition) is 3. The quantitative estimate of drug-likeness (QED) is 0.451. The average Bonchev–Trinajstić information content (AvgIpc) is 3.37. The van der Waals surface area contributed by atoms with Gasteiger partial charge in [0.1, 0.15) is 0 Å². The van der Waals surface area contributed by atoms with Gasteiger partial charge in [-0.05, 0) is 42.4 Å². The Morgan fingerprint density at radius 3 is 2.66 bits per heavy atom. The van der Waals surface area contributed by atoms with Crippen molar-refractivity contribution in [3.05, 3.63) is 41.7 Å². The first kappa shape index (κ1) is 24.6. The van der Waals surface area contributed by atoms with Gasteiger partial charge in [-0.3, -0.25) is 4.79 Å². The molecule has 0 spiro atoms. The molecule has 1 aliphatic carbocycles. The van der Waals surface area contributed by atoms with Gasteiger partial charge in [0.25, 0.3) is 0 Å². The van der Waals surface area contributed by atoms with Gasteiger partial charge in [-0.15, -0.1) is 0 Å². The summed E-state index contributed by atoms with van der Waals surface area (Å²) < 4.78 is 47.8. The molecule has 0 radical (unpaired) electrons. The number of carbonyl (C=O) groups excluding carboxylic acids is 1. The third kappa shape index (κ3) is 6.74.